The minimum atomic E-state index is -2.96. The van der Waals surface area contributed by atoms with E-state index in [0.717, 1.165) is 28.3 Å². The van der Waals surface area contributed by atoms with Crippen LogP contribution in [-0.2, 0) is 0 Å². The summed E-state index contributed by atoms with van der Waals surface area (Å²) in [6.07, 6.45) is -0.0415. The van der Waals surface area contributed by atoms with Crippen molar-refractivity contribution in [3.05, 3.63) is 106 Å². The highest BCUT2D eigenvalue weighted by Crippen LogP contribution is 2.49. The molecular weight excluding hydrogens is 517 g/mol. The van der Waals surface area contributed by atoms with Crippen LogP contribution in [0.25, 0.3) is 21.5 Å². The topological polar surface area (TPSA) is 18.5 Å². The van der Waals surface area contributed by atoms with Crippen molar-refractivity contribution >= 4 is 40.2 Å². The first-order chi connectivity index (χ1) is 19.4. The van der Waals surface area contributed by atoms with Gasteiger partial charge in [0, 0.05) is 16.8 Å². The van der Waals surface area contributed by atoms with Crippen LogP contribution in [0.2, 0.25) is 6.04 Å². The molecule has 1 aliphatic heterocycles. The number of rotatable bonds is 2. The Balaban J connectivity index is 1.82. The van der Waals surface area contributed by atoms with E-state index in [9.17, 15) is 0 Å². The molecule has 0 spiro atoms. The third-order valence-electron chi connectivity index (χ3n) is 8.98. The van der Waals surface area contributed by atoms with Crippen LogP contribution < -0.4 is 19.5 Å². The number of benzene rings is 5. The Kier molecular flexibility index (Phi) is 6.58. The predicted molar refractivity (Wildman–Crippen MR) is 177 cm³/mol. The summed E-state index contributed by atoms with van der Waals surface area (Å²) in [7, 11) is -2.96. The first-order valence-electron chi connectivity index (χ1n) is 14.9. The zero-order valence-electron chi connectivity index (χ0n) is 26.0. The Morgan fingerprint density at radius 3 is 1.39 bits per heavy atom. The van der Waals surface area contributed by atoms with Gasteiger partial charge in [-0.15, -0.1) is 0 Å². The van der Waals surface area contributed by atoms with Crippen LogP contribution in [0.5, 0.6) is 11.5 Å². The van der Waals surface area contributed by atoms with Crippen LogP contribution in [-0.4, -0.2) is 14.4 Å². The lowest BCUT2D eigenvalue weighted by molar-refractivity contribution is 0.106. The molecule has 1 aliphatic rings. The molecule has 5 aromatic rings. The van der Waals surface area contributed by atoms with E-state index in [4.69, 9.17) is 9.16 Å². The molecule has 0 radical (unpaired) electrons. The Morgan fingerprint density at radius 1 is 0.585 bits per heavy atom. The number of hydrogen-bond acceptors (Lipinski definition) is 2. The first kappa shape index (κ1) is 27.6. The normalized spacial score (nSPS) is 16.7. The quantitative estimate of drug-likeness (QED) is 0.159. The summed E-state index contributed by atoms with van der Waals surface area (Å²) in [6, 6.07) is 27.6. The summed E-state index contributed by atoms with van der Waals surface area (Å²) in [5.41, 5.74) is 7.74. The molecule has 0 aliphatic carbocycles. The average Bonchev–Trinajstić information content (AvgIpc) is 3.06. The molecule has 210 valence electrons. The number of fused-ring (bicyclic) bond motifs is 6. The van der Waals surface area contributed by atoms with Gasteiger partial charge in [0.2, 0.25) is 0 Å². The van der Waals surface area contributed by atoms with Gasteiger partial charge in [0.05, 0.1) is 0 Å². The molecule has 0 bridgehead atoms. The summed E-state index contributed by atoms with van der Waals surface area (Å²) in [5.74, 6) is 1.79. The SMILES string of the molecule is Cc1cc(C)c([Si]2(c3c(C)cc(C)cc3C)CC(C(C)(C)C)Oc3c(c4ccccc4c4ccccc34)O2)c(C)c1. The number of aryl methyl sites for hydroxylation is 6. The van der Waals surface area contributed by atoms with Gasteiger partial charge in [-0.1, -0.05) is 105 Å². The van der Waals surface area contributed by atoms with Crippen molar-refractivity contribution in [2.45, 2.75) is 74.5 Å². The van der Waals surface area contributed by atoms with Crippen molar-refractivity contribution in [3.8, 4) is 11.5 Å². The van der Waals surface area contributed by atoms with E-state index >= 15 is 0 Å². The third-order valence-corrected chi connectivity index (χ3v) is 13.7. The molecule has 0 N–H and O–H groups in total. The maximum Gasteiger partial charge on any atom is 0.319 e. The second-order valence-corrected chi connectivity index (χ2v) is 16.7. The summed E-state index contributed by atoms with van der Waals surface area (Å²) >= 11 is 0. The van der Waals surface area contributed by atoms with Crippen LogP contribution in [0.3, 0.4) is 0 Å². The van der Waals surface area contributed by atoms with Gasteiger partial charge < -0.3 is 9.16 Å². The molecule has 1 atom stereocenters. The molecule has 5 aromatic carbocycles. The minimum Gasteiger partial charge on any atom is -0.531 e. The first-order valence-corrected chi connectivity index (χ1v) is 17.0. The summed E-state index contributed by atoms with van der Waals surface area (Å²) < 4.78 is 15.1. The third kappa shape index (κ3) is 4.46. The van der Waals surface area contributed by atoms with Crippen LogP contribution in [0.1, 0.15) is 54.2 Å². The van der Waals surface area contributed by atoms with E-state index in [1.165, 1.54) is 54.5 Å². The van der Waals surface area contributed by atoms with Crippen molar-refractivity contribution in [2.24, 2.45) is 5.41 Å². The van der Waals surface area contributed by atoms with Crippen molar-refractivity contribution < 1.29 is 9.16 Å². The second kappa shape index (κ2) is 9.77. The molecule has 1 unspecified atom stereocenters. The van der Waals surface area contributed by atoms with Crippen LogP contribution in [0, 0.1) is 47.0 Å². The van der Waals surface area contributed by atoms with Crippen molar-refractivity contribution in [1.29, 1.82) is 0 Å². The smallest absolute Gasteiger partial charge is 0.319 e. The van der Waals surface area contributed by atoms with Gasteiger partial charge in [-0.25, -0.2) is 0 Å². The molecule has 6 rings (SSSR count). The fourth-order valence-electron chi connectivity index (χ4n) is 7.50. The van der Waals surface area contributed by atoms with Gasteiger partial charge in [0.25, 0.3) is 0 Å². The van der Waals surface area contributed by atoms with Gasteiger partial charge in [-0.3, -0.25) is 0 Å². The Labute approximate surface area is 246 Å². The zero-order chi connectivity index (χ0) is 29.3. The van der Waals surface area contributed by atoms with Crippen LogP contribution in [0.15, 0.2) is 72.8 Å². The summed E-state index contributed by atoms with van der Waals surface area (Å²) in [4.78, 5) is 0. The monoisotopic (exact) mass is 558 g/mol. The van der Waals surface area contributed by atoms with Crippen molar-refractivity contribution in [1.82, 2.24) is 0 Å². The molecule has 41 heavy (non-hydrogen) atoms. The minimum absolute atomic E-state index is 0.0415. The predicted octanol–water partition coefficient (Wildman–Crippen LogP) is 8.79. The maximum atomic E-state index is 7.88. The molecule has 3 heteroatoms. The van der Waals surface area contributed by atoms with E-state index in [0.29, 0.717) is 0 Å². The second-order valence-electron chi connectivity index (χ2n) is 13.4. The van der Waals surface area contributed by atoms with E-state index in [1.807, 2.05) is 0 Å². The maximum absolute atomic E-state index is 7.88. The highest BCUT2D eigenvalue weighted by Gasteiger charge is 2.52. The lowest BCUT2D eigenvalue weighted by atomic mass is 9.90. The van der Waals surface area contributed by atoms with E-state index in [2.05, 4.69) is 135 Å². The van der Waals surface area contributed by atoms with E-state index < -0.39 is 8.32 Å². The molecule has 0 saturated carbocycles. The largest absolute Gasteiger partial charge is 0.531 e. The lowest BCUT2D eigenvalue weighted by Crippen LogP contribution is -2.68. The highest BCUT2D eigenvalue weighted by molar-refractivity contribution is 6.99. The molecule has 0 saturated heterocycles. The standard InChI is InChI=1S/C38H42O2Si/c1-23-18-25(3)36(26(4)19-23)41(37-27(5)20-24(2)21-28(37)6)22-33(38(7,8)9)39-34-31-16-12-10-14-29(31)30-15-11-13-17-32(30)35(34)40-41/h10-21,33H,22H2,1-9H3. The van der Waals surface area contributed by atoms with Gasteiger partial charge in [0.15, 0.2) is 11.5 Å². The van der Waals surface area contributed by atoms with Crippen LogP contribution in [0.4, 0.5) is 0 Å². The molecule has 0 aromatic heterocycles. The molecule has 0 fully saturated rings. The Bertz CT molecular complexity index is 1720. The van der Waals surface area contributed by atoms with E-state index in [1.54, 1.807) is 0 Å². The average molecular weight is 559 g/mol. The fraction of sp³-hybridized carbons (Fsp3) is 0.316. The number of hydrogen-bond donors (Lipinski definition) is 0. The summed E-state index contributed by atoms with van der Waals surface area (Å²) in [5, 5.41) is 7.43. The highest BCUT2D eigenvalue weighted by atomic mass is 28.4. The number of ether oxygens (including phenoxy) is 1. The fourth-order valence-corrected chi connectivity index (χ4v) is 13.1. The van der Waals surface area contributed by atoms with Gasteiger partial charge in [0.1, 0.15) is 6.10 Å². The van der Waals surface area contributed by atoms with E-state index in [-0.39, 0.29) is 11.5 Å². The zero-order valence-corrected chi connectivity index (χ0v) is 27.0. The van der Waals surface area contributed by atoms with Crippen molar-refractivity contribution in [3.63, 3.8) is 0 Å². The van der Waals surface area contributed by atoms with Gasteiger partial charge in [-0.05, 0) is 90.4 Å². The van der Waals surface area contributed by atoms with Gasteiger partial charge in [-0.2, -0.15) is 0 Å². The molecule has 1 heterocycles. The molecule has 0 amide bonds. The molecular formula is C38H42O2Si. The molecule has 2 nitrogen and oxygen atoms in total. The Morgan fingerprint density at radius 2 is 0.976 bits per heavy atom. The van der Waals surface area contributed by atoms with Gasteiger partial charge >= 0.3 is 8.32 Å². The summed E-state index contributed by atoms with van der Waals surface area (Å²) in [6.45, 7) is 20.5. The van der Waals surface area contributed by atoms with Crippen LogP contribution >= 0.6 is 0 Å². The Hall–Kier alpha value is -3.56. The van der Waals surface area contributed by atoms with Crippen molar-refractivity contribution in [2.75, 3.05) is 0 Å². The lowest BCUT2D eigenvalue weighted by Gasteiger charge is -2.39.